The van der Waals surface area contributed by atoms with Crippen molar-refractivity contribution in [3.05, 3.63) is 62.6 Å². The second-order valence-corrected chi connectivity index (χ2v) is 5.72. The normalized spacial score (nSPS) is 16.3. The molecule has 2 N–H and O–H groups in total. The van der Waals surface area contributed by atoms with Crippen molar-refractivity contribution in [3.63, 3.8) is 0 Å². The summed E-state index contributed by atoms with van der Waals surface area (Å²) in [5, 5.41) is 0. The first kappa shape index (κ1) is 15.5. The topological polar surface area (TPSA) is 72.2 Å². The first-order valence-electron chi connectivity index (χ1n) is 7.65. The van der Waals surface area contributed by atoms with E-state index in [0.717, 1.165) is 44.7 Å². The summed E-state index contributed by atoms with van der Waals surface area (Å²) in [6.07, 6.45) is 0.927. The van der Waals surface area contributed by atoms with E-state index in [4.69, 9.17) is 0 Å². The van der Waals surface area contributed by atoms with Crippen LogP contribution in [0.1, 0.15) is 12.0 Å². The second-order valence-electron chi connectivity index (χ2n) is 5.72. The Bertz CT molecular complexity index is 740. The molecule has 1 aromatic heterocycles. The third-order valence-corrected chi connectivity index (χ3v) is 3.99. The fourth-order valence-corrected chi connectivity index (χ4v) is 2.84. The van der Waals surface area contributed by atoms with Crippen molar-refractivity contribution in [2.45, 2.75) is 13.0 Å². The van der Waals surface area contributed by atoms with Gasteiger partial charge in [-0.1, -0.05) is 12.1 Å². The molecule has 0 radical (unpaired) electrons. The van der Waals surface area contributed by atoms with Crippen LogP contribution >= 0.6 is 0 Å². The highest BCUT2D eigenvalue weighted by Gasteiger charge is 2.16. The number of halogens is 1. The minimum absolute atomic E-state index is 0.228. The van der Waals surface area contributed by atoms with Crippen LogP contribution in [0.3, 0.4) is 0 Å². The van der Waals surface area contributed by atoms with Gasteiger partial charge in [0, 0.05) is 38.8 Å². The molecule has 7 heteroatoms. The largest absolute Gasteiger partial charge is 0.357 e. The number of H-pyrrole nitrogens is 2. The molecule has 0 unspecified atom stereocenters. The number of aromatic nitrogens is 2. The van der Waals surface area contributed by atoms with Crippen LogP contribution in [0.15, 0.2) is 39.9 Å². The number of aromatic amines is 2. The van der Waals surface area contributed by atoms with Crippen LogP contribution in [0.5, 0.6) is 0 Å². The molecule has 1 fully saturated rings. The van der Waals surface area contributed by atoms with Crippen LogP contribution < -0.4 is 16.1 Å². The quantitative estimate of drug-likeness (QED) is 0.882. The van der Waals surface area contributed by atoms with Gasteiger partial charge < -0.3 is 4.90 Å². The van der Waals surface area contributed by atoms with Crippen molar-refractivity contribution >= 4 is 5.82 Å². The Morgan fingerprint density at radius 1 is 1.00 bits per heavy atom. The van der Waals surface area contributed by atoms with Crippen molar-refractivity contribution in [1.29, 1.82) is 0 Å². The third-order valence-electron chi connectivity index (χ3n) is 3.99. The van der Waals surface area contributed by atoms with Crippen molar-refractivity contribution in [3.8, 4) is 0 Å². The number of nitrogens with zero attached hydrogens (tertiary/aromatic N) is 2. The van der Waals surface area contributed by atoms with E-state index in [1.807, 2.05) is 4.90 Å². The van der Waals surface area contributed by atoms with Gasteiger partial charge >= 0.3 is 5.69 Å². The summed E-state index contributed by atoms with van der Waals surface area (Å²) in [4.78, 5) is 32.0. The lowest BCUT2D eigenvalue weighted by Crippen LogP contribution is -2.33. The first-order valence-corrected chi connectivity index (χ1v) is 7.65. The van der Waals surface area contributed by atoms with Gasteiger partial charge in [-0.2, -0.15) is 0 Å². The molecule has 2 heterocycles. The van der Waals surface area contributed by atoms with Crippen LogP contribution in [0.4, 0.5) is 10.2 Å². The highest BCUT2D eigenvalue weighted by Crippen LogP contribution is 2.13. The Morgan fingerprint density at radius 2 is 1.78 bits per heavy atom. The van der Waals surface area contributed by atoms with Crippen molar-refractivity contribution in [2.75, 3.05) is 31.1 Å². The minimum Gasteiger partial charge on any atom is -0.357 e. The molecule has 122 valence electrons. The van der Waals surface area contributed by atoms with Crippen molar-refractivity contribution < 1.29 is 4.39 Å². The molecule has 23 heavy (non-hydrogen) atoms. The Labute approximate surface area is 132 Å². The Morgan fingerprint density at radius 3 is 2.52 bits per heavy atom. The number of rotatable bonds is 3. The van der Waals surface area contributed by atoms with E-state index in [1.54, 1.807) is 12.1 Å². The molecule has 1 saturated heterocycles. The highest BCUT2D eigenvalue weighted by molar-refractivity contribution is 5.36. The van der Waals surface area contributed by atoms with Crippen LogP contribution in [0.2, 0.25) is 0 Å². The predicted octanol–water partition coefficient (Wildman–Crippen LogP) is 0.915. The average molecular weight is 318 g/mol. The zero-order valence-electron chi connectivity index (χ0n) is 12.7. The Kier molecular flexibility index (Phi) is 4.57. The molecular formula is C16H19FN4O2. The van der Waals surface area contributed by atoms with Crippen LogP contribution in [0, 0.1) is 5.82 Å². The second kappa shape index (κ2) is 6.78. The molecule has 0 aliphatic carbocycles. The van der Waals surface area contributed by atoms with Crippen LogP contribution in [-0.4, -0.2) is 41.0 Å². The molecule has 1 aromatic carbocycles. The molecule has 0 saturated carbocycles. The predicted molar refractivity (Wildman–Crippen MR) is 86.2 cm³/mol. The number of nitrogens with one attached hydrogen (secondary N) is 2. The van der Waals surface area contributed by atoms with E-state index >= 15 is 0 Å². The zero-order valence-corrected chi connectivity index (χ0v) is 12.7. The summed E-state index contributed by atoms with van der Waals surface area (Å²) in [5.41, 5.74) is 0.195. The van der Waals surface area contributed by atoms with Gasteiger partial charge in [-0.15, -0.1) is 0 Å². The molecule has 2 aromatic rings. The van der Waals surface area contributed by atoms with E-state index < -0.39 is 11.2 Å². The fourth-order valence-electron chi connectivity index (χ4n) is 2.84. The summed E-state index contributed by atoms with van der Waals surface area (Å²) in [6, 6.07) is 7.95. The average Bonchev–Trinajstić information content (AvgIpc) is 2.74. The smallest absolute Gasteiger partial charge is 0.327 e. The van der Waals surface area contributed by atoms with Gasteiger partial charge in [0.1, 0.15) is 11.6 Å². The minimum atomic E-state index is -0.486. The maximum Gasteiger partial charge on any atom is 0.327 e. The molecular weight excluding hydrogens is 299 g/mol. The summed E-state index contributed by atoms with van der Waals surface area (Å²) >= 11 is 0. The molecule has 1 aliphatic rings. The summed E-state index contributed by atoms with van der Waals surface area (Å²) in [6.45, 7) is 3.99. The molecule has 3 rings (SSSR count). The van der Waals surface area contributed by atoms with E-state index in [-0.39, 0.29) is 5.82 Å². The SMILES string of the molecule is O=c1cc(N2CCCN(Cc3ccc(F)cc3)CC2)[nH]c(=O)[nH]1. The maximum absolute atomic E-state index is 13.0. The lowest BCUT2D eigenvalue weighted by atomic mass is 10.2. The van der Waals surface area contributed by atoms with Gasteiger partial charge in [0.15, 0.2) is 0 Å². The highest BCUT2D eigenvalue weighted by atomic mass is 19.1. The standard InChI is InChI=1S/C16H19FN4O2/c17-13-4-2-12(3-5-13)11-20-6-1-7-21(9-8-20)14-10-15(22)19-16(23)18-14/h2-5,10H,1,6-9,11H2,(H2,18,19,22,23). The van der Waals surface area contributed by atoms with Gasteiger partial charge in [-0.3, -0.25) is 19.7 Å². The van der Waals surface area contributed by atoms with Gasteiger partial charge in [-0.25, -0.2) is 9.18 Å². The molecule has 0 spiro atoms. The lowest BCUT2D eigenvalue weighted by molar-refractivity contribution is 0.285. The van der Waals surface area contributed by atoms with Crippen LogP contribution in [0.25, 0.3) is 0 Å². The maximum atomic E-state index is 13.0. The number of hydrogen-bond acceptors (Lipinski definition) is 4. The molecule has 0 atom stereocenters. The van der Waals surface area contributed by atoms with Gasteiger partial charge in [0.2, 0.25) is 0 Å². The third kappa shape index (κ3) is 4.07. The van der Waals surface area contributed by atoms with E-state index in [9.17, 15) is 14.0 Å². The Hall–Kier alpha value is -2.41. The van der Waals surface area contributed by atoms with Crippen molar-refractivity contribution in [2.24, 2.45) is 0 Å². The van der Waals surface area contributed by atoms with Gasteiger partial charge in [0.05, 0.1) is 0 Å². The molecule has 0 amide bonds. The summed E-state index contributed by atoms with van der Waals surface area (Å²) in [7, 11) is 0. The summed E-state index contributed by atoms with van der Waals surface area (Å²) < 4.78 is 13.0. The first-order chi connectivity index (χ1) is 11.1. The van der Waals surface area contributed by atoms with Crippen molar-refractivity contribution in [1.82, 2.24) is 14.9 Å². The molecule has 1 aliphatic heterocycles. The van der Waals surface area contributed by atoms with E-state index in [1.165, 1.54) is 18.2 Å². The van der Waals surface area contributed by atoms with Gasteiger partial charge in [0.25, 0.3) is 5.56 Å². The zero-order chi connectivity index (χ0) is 16.2. The monoisotopic (exact) mass is 318 g/mol. The van der Waals surface area contributed by atoms with E-state index in [0.29, 0.717) is 5.82 Å². The number of anilines is 1. The van der Waals surface area contributed by atoms with Gasteiger partial charge in [-0.05, 0) is 24.1 Å². The fraction of sp³-hybridized carbons (Fsp3) is 0.375. The summed E-state index contributed by atoms with van der Waals surface area (Å²) in [5.74, 6) is 0.330. The molecule has 0 bridgehead atoms. The number of hydrogen-bond donors (Lipinski definition) is 2. The Balaban J connectivity index is 1.66. The van der Waals surface area contributed by atoms with E-state index in [2.05, 4.69) is 14.9 Å². The van der Waals surface area contributed by atoms with Crippen LogP contribution in [-0.2, 0) is 6.54 Å². The molecule has 6 nitrogen and oxygen atoms in total. The lowest BCUT2D eigenvalue weighted by Gasteiger charge is -2.22. The number of benzene rings is 1.